The topological polar surface area (TPSA) is 38.7 Å². The molecule has 2 aromatic heterocycles. The van der Waals surface area contributed by atoms with E-state index in [1.165, 1.54) is 6.20 Å². The van der Waals surface area contributed by atoms with Gasteiger partial charge < -0.3 is 0 Å². The predicted molar refractivity (Wildman–Crippen MR) is 58.0 cm³/mol. The molecule has 0 bridgehead atoms. The molecule has 0 saturated heterocycles. The van der Waals surface area contributed by atoms with Crippen molar-refractivity contribution >= 4 is 27.5 Å². The van der Waals surface area contributed by atoms with E-state index in [1.54, 1.807) is 12.4 Å². The molecule has 0 atom stereocenters. The van der Waals surface area contributed by atoms with E-state index in [2.05, 4.69) is 30.9 Å². The molecule has 70 valence electrons. The summed E-state index contributed by atoms with van der Waals surface area (Å²) < 4.78 is 0.788. The maximum absolute atomic E-state index is 5.72. The van der Waals surface area contributed by atoms with Crippen molar-refractivity contribution in [3.8, 4) is 11.3 Å². The first-order chi connectivity index (χ1) is 6.75. The summed E-state index contributed by atoms with van der Waals surface area (Å²) in [6.45, 7) is 0. The minimum Gasteiger partial charge on any atom is -0.259 e. The van der Waals surface area contributed by atoms with Gasteiger partial charge in [-0.25, -0.2) is 9.97 Å². The third kappa shape index (κ3) is 2.08. The molecule has 0 radical (unpaired) electrons. The molecule has 5 heteroatoms. The number of pyridine rings is 1. The highest BCUT2D eigenvalue weighted by Crippen LogP contribution is 2.18. The normalized spacial score (nSPS) is 10.1. The fraction of sp³-hybridized carbons (Fsp3) is 0. The van der Waals surface area contributed by atoms with Crippen molar-refractivity contribution in [2.24, 2.45) is 0 Å². The van der Waals surface area contributed by atoms with Gasteiger partial charge in [0.25, 0.3) is 0 Å². The lowest BCUT2D eigenvalue weighted by Crippen LogP contribution is -1.86. The molecule has 14 heavy (non-hydrogen) atoms. The minimum atomic E-state index is 0.380. The number of hydrogen-bond acceptors (Lipinski definition) is 3. The summed E-state index contributed by atoms with van der Waals surface area (Å²) in [5, 5.41) is 0.380. The quantitative estimate of drug-likeness (QED) is 0.748. The van der Waals surface area contributed by atoms with Gasteiger partial charge in [-0.05, 0) is 28.1 Å². The Bertz CT molecular complexity index is 444. The fourth-order valence-electron chi connectivity index (χ4n) is 1.01. The van der Waals surface area contributed by atoms with Gasteiger partial charge in [-0.3, -0.25) is 4.98 Å². The standard InChI is InChI=1S/C9H5BrClN3/c10-8-2-1-6(3-13-8)7-4-12-5-9(11)14-7/h1-5H. The third-order valence-corrected chi connectivity index (χ3v) is 2.28. The van der Waals surface area contributed by atoms with Gasteiger partial charge in [-0.1, -0.05) is 11.6 Å². The molecule has 0 saturated carbocycles. The second-order valence-corrected chi connectivity index (χ2v) is 3.80. The molecular weight excluding hydrogens is 265 g/mol. The smallest absolute Gasteiger partial charge is 0.148 e. The highest BCUT2D eigenvalue weighted by Gasteiger charge is 2.00. The largest absolute Gasteiger partial charge is 0.259 e. The van der Waals surface area contributed by atoms with Crippen molar-refractivity contribution in [2.45, 2.75) is 0 Å². The lowest BCUT2D eigenvalue weighted by molar-refractivity contribution is 1.19. The van der Waals surface area contributed by atoms with Crippen LogP contribution in [0, 0.1) is 0 Å². The Kier molecular flexibility index (Phi) is 2.74. The number of nitrogens with zero attached hydrogens (tertiary/aromatic N) is 3. The molecule has 0 aromatic carbocycles. The lowest BCUT2D eigenvalue weighted by atomic mass is 10.2. The summed E-state index contributed by atoms with van der Waals surface area (Å²) in [5.41, 5.74) is 1.61. The Morgan fingerprint density at radius 1 is 1.14 bits per heavy atom. The van der Waals surface area contributed by atoms with Gasteiger partial charge in [0, 0.05) is 11.8 Å². The van der Waals surface area contributed by atoms with E-state index in [-0.39, 0.29) is 0 Å². The van der Waals surface area contributed by atoms with Crippen LogP contribution in [0.15, 0.2) is 35.3 Å². The van der Waals surface area contributed by atoms with E-state index in [0.29, 0.717) is 5.15 Å². The number of aromatic nitrogens is 3. The van der Waals surface area contributed by atoms with Gasteiger partial charge in [0.15, 0.2) is 0 Å². The average molecular weight is 271 g/mol. The summed E-state index contributed by atoms with van der Waals surface area (Å²) in [7, 11) is 0. The Morgan fingerprint density at radius 2 is 2.00 bits per heavy atom. The van der Waals surface area contributed by atoms with E-state index in [1.807, 2.05) is 12.1 Å². The Hall–Kier alpha value is -1.00. The zero-order valence-corrected chi connectivity index (χ0v) is 9.33. The SMILES string of the molecule is Clc1cncc(-c2ccc(Br)nc2)n1. The zero-order valence-electron chi connectivity index (χ0n) is 6.98. The molecule has 0 spiro atoms. The molecule has 0 amide bonds. The number of halogens is 2. The summed E-state index contributed by atoms with van der Waals surface area (Å²) >= 11 is 8.98. The first-order valence-electron chi connectivity index (χ1n) is 3.85. The summed E-state index contributed by atoms with van der Waals surface area (Å²) in [4.78, 5) is 12.2. The molecule has 3 nitrogen and oxygen atoms in total. The van der Waals surface area contributed by atoms with E-state index in [0.717, 1.165) is 15.9 Å². The molecule has 0 unspecified atom stereocenters. The molecular formula is C9H5BrClN3. The van der Waals surface area contributed by atoms with Gasteiger partial charge in [0.2, 0.25) is 0 Å². The van der Waals surface area contributed by atoms with Gasteiger partial charge in [0.1, 0.15) is 9.76 Å². The number of hydrogen-bond donors (Lipinski definition) is 0. The van der Waals surface area contributed by atoms with Crippen molar-refractivity contribution < 1.29 is 0 Å². The zero-order chi connectivity index (χ0) is 9.97. The van der Waals surface area contributed by atoms with Crippen LogP contribution in [0.1, 0.15) is 0 Å². The van der Waals surface area contributed by atoms with Crippen molar-refractivity contribution in [3.63, 3.8) is 0 Å². The van der Waals surface area contributed by atoms with Crippen LogP contribution in [0.25, 0.3) is 11.3 Å². The van der Waals surface area contributed by atoms with Crippen LogP contribution in [0.3, 0.4) is 0 Å². The van der Waals surface area contributed by atoms with Crippen LogP contribution in [0.5, 0.6) is 0 Å². The second-order valence-electron chi connectivity index (χ2n) is 2.60. The number of rotatable bonds is 1. The summed E-state index contributed by atoms with van der Waals surface area (Å²) in [6.07, 6.45) is 4.86. The highest BCUT2D eigenvalue weighted by atomic mass is 79.9. The van der Waals surface area contributed by atoms with Crippen molar-refractivity contribution in [1.29, 1.82) is 0 Å². The van der Waals surface area contributed by atoms with Crippen LogP contribution >= 0.6 is 27.5 Å². The van der Waals surface area contributed by atoms with E-state index >= 15 is 0 Å². The van der Waals surface area contributed by atoms with Crippen LogP contribution in [-0.4, -0.2) is 15.0 Å². The Morgan fingerprint density at radius 3 is 2.64 bits per heavy atom. The first kappa shape index (κ1) is 9.55. The third-order valence-electron chi connectivity index (χ3n) is 1.63. The maximum atomic E-state index is 5.72. The molecule has 2 heterocycles. The summed E-state index contributed by atoms with van der Waals surface area (Å²) in [6, 6.07) is 3.75. The van der Waals surface area contributed by atoms with E-state index < -0.39 is 0 Å². The summed E-state index contributed by atoms with van der Waals surface area (Å²) in [5.74, 6) is 0. The molecule has 0 fully saturated rings. The highest BCUT2D eigenvalue weighted by molar-refractivity contribution is 9.10. The van der Waals surface area contributed by atoms with E-state index in [9.17, 15) is 0 Å². The average Bonchev–Trinajstić information content (AvgIpc) is 2.19. The Labute approximate surface area is 94.3 Å². The Balaban J connectivity index is 2.44. The predicted octanol–water partition coefficient (Wildman–Crippen LogP) is 2.95. The molecule has 2 rings (SSSR count). The van der Waals surface area contributed by atoms with Gasteiger partial charge >= 0.3 is 0 Å². The van der Waals surface area contributed by atoms with Crippen molar-refractivity contribution in [1.82, 2.24) is 15.0 Å². The van der Waals surface area contributed by atoms with E-state index in [4.69, 9.17) is 11.6 Å². The maximum Gasteiger partial charge on any atom is 0.148 e. The molecule has 0 aliphatic rings. The molecule has 0 aliphatic heterocycles. The van der Waals surface area contributed by atoms with Crippen molar-refractivity contribution in [2.75, 3.05) is 0 Å². The van der Waals surface area contributed by atoms with Crippen LogP contribution in [-0.2, 0) is 0 Å². The molecule has 2 aromatic rings. The fourth-order valence-corrected chi connectivity index (χ4v) is 1.39. The minimum absolute atomic E-state index is 0.380. The lowest BCUT2D eigenvalue weighted by Gasteiger charge is -1.99. The monoisotopic (exact) mass is 269 g/mol. The molecule has 0 N–H and O–H groups in total. The first-order valence-corrected chi connectivity index (χ1v) is 5.02. The van der Waals surface area contributed by atoms with Gasteiger partial charge in [-0.2, -0.15) is 0 Å². The van der Waals surface area contributed by atoms with Crippen LogP contribution < -0.4 is 0 Å². The van der Waals surface area contributed by atoms with Crippen LogP contribution in [0.2, 0.25) is 5.15 Å². The molecule has 0 aliphatic carbocycles. The van der Waals surface area contributed by atoms with Gasteiger partial charge in [-0.15, -0.1) is 0 Å². The van der Waals surface area contributed by atoms with Gasteiger partial charge in [0.05, 0.1) is 18.1 Å². The van der Waals surface area contributed by atoms with Crippen molar-refractivity contribution in [3.05, 3.63) is 40.5 Å². The second kappa shape index (κ2) is 4.02. The van der Waals surface area contributed by atoms with Crippen LogP contribution in [0.4, 0.5) is 0 Å².